The lowest BCUT2D eigenvalue weighted by atomic mass is 9.68. The maximum atomic E-state index is 2.57. The molecule has 0 aromatic carbocycles. The van der Waals surface area contributed by atoms with Gasteiger partial charge in [-0.05, 0) is 58.3 Å². The Hall–Kier alpha value is -0.130. The van der Waals surface area contributed by atoms with E-state index < -0.39 is 0 Å². The topological polar surface area (TPSA) is 0 Å². The molecule has 0 amide bonds. The molecule has 0 aliphatic rings. The molecule has 2 atom stereocenters. The Morgan fingerprint density at radius 2 is 1.35 bits per heavy atom. The van der Waals surface area contributed by atoms with Crippen LogP contribution >= 0.6 is 0 Å². The minimum absolute atomic E-state index is 0.349. The molecule has 0 fully saturated rings. The zero-order chi connectivity index (χ0) is 13.9. The molecule has 0 heterocycles. The minimum atomic E-state index is 0.349. The van der Waals surface area contributed by atoms with Gasteiger partial charge in [0, 0.05) is 0 Å². The fourth-order valence-corrected chi connectivity index (χ4v) is 2.89. The average molecular weight is 239 g/mol. The Bertz CT molecular complexity index is 210. The van der Waals surface area contributed by atoms with Crippen LogP contribution in [0.25, 0.3) is 0 Å². The van der Waals surface area contributed by atoms with Gasteiger partial charge in [0.2, 0.25) is 0 Å². The fraction of sp³-hybridized carbons (Fsp3) is 0.941. The highest BCUT2D eigenvalue weighted by Gasteiger charge is 2.39. The SMILES string of the molecule is CCC(C)(C)[CH+]C(C)(C)CC(C)C(C)C(C)C. The zero-order valence-electron chi connectivity index (χ0n) is 13.7. The maximum absolute atomic E-state index is 2.57. The summed E-state index contributed by atoms with van der Waals surface area (Å²) in [5, 5.41) is 0. The van der Waals surface area contributed by atoms with Gasteiger partial charge in [-0.15, -0.1) is 0 Å². The molecule has 0 aliphatic carbocycles. The van der Waals surface area contributed by atoms with Gasteiger partial charge in [0.15, 0.2) is 0 Å². The van der Waals surface area contributed by atoms with Crippen LogP contribution in [0.2, 0.25) is 0 Å². The summed E-state index contributed by atoms with van der Waals surface area (Å²) in [6.07, 6.45) is 5.10. The molecule has 102 valence electrons. The first-order valence-corrected chi connectivity index (χ1v) is 7.38. The molecule has 0 rings (SSSR count). The second-order valence-corrected chi connectivity index (χ2v) is 7.76. The predicted octanol–water partition coefficient (Wildman–Crippen LogP) is 5.97. The Kier molecular flexibility index (Phi) is 6.11. The zero-order valence-corrected chi connectivity index (χ0v) is 13.7. The van der Waals surface area contributed by atoms with E-state index in [0.29, 0.717) is 10.8 Å². The molecule has 0 N–H and O–H groups in total. The average Bonchev–Trinajstić information content (AvgIpc) is 2.13. The van der Waals surface area contributed by atoms with E-state index in [0.717, 1.165) is 17.8 Å². The molecule has 2 unspecified atom stereocenters. The number of hydrogen-bond donors (Lipinski definition) is 0. The van der Waals surface area contributed by atoms with Crippen LogP contribution in [-0.4, -0.2) is 0 Å². The van der Waals surface area contributed by atoms with Crippen molar-refractivity contribution in [2.24, 2.45) is 28.6 Å². The quantitative estimate of drug-likeness (QED) is 0.480. The van der Waals surface area contributed by atoms with Gasteiger partial charge in [-0.3, -0.25) is 0 Å². The second kappa shape index (κ2) is 6.16. The summed E-state index contributed by atoms with van der Waals surface area (Å²) < 4.78 is 0. The third-order valence-electron chi connectivity index (χ3n) is 4.49. The van der Waals surface area contributed by atoms with Gasteiger partial charge in [-0.1, -0.05) is 34.6 Å². The Balaban J connectivity index is 4.44. The molecule has 0 aromatic heterocycles. The van der Waals surface area contributed by atoms with Gasteiger partial charge >= 0.3 is 0 Å². The van der Waals surface area contributed by atoms with E-state index in [2.05, 4.69) is 68.7 Å². The highest BCUT2D eigenvalue weighted by molar-refractivity contribution is 4.96. The van der Waals surface area contributed by atoms with Crippen molar-refractivity contribution in [2.45, 2.75) is 75.2 Å². The van der Waals surface area contributed by atoms with Crippen LogP contribution in [0.4, 0.5) is 0 Å². The highest BCUT2D eigenvalue weighted by atomic mass is 14.4. The van der Waals surface area contributed by atoms with Crippen molar-refractivity contribution < 1.29 is 0 Å². The summed E-state index contributed by atoms with van der Waals surface area (Å²) in [5.74, 6) is 2.40. The van der Waals surface area contributed by atoms with Crippen molar-refractivity contribution in [2.75, 3.05) is 0 Å². The van der Waals surface area contributed by atoms with E-state index in [-0.39, 0.29) is 0 Å². The van der Waals surface area contributed by atoms with Gasteiger partial charge in [0.05, 0.1) is 6.42 Å². The molecule has 0 nitrogen and oxygen atoms in total. The predicted molar refractivity (Wildman–Crippen MR) is 79.9 cm³/mol. The summed E-state index contributed by atoms with van der Waals surface area (Å²) in [6, 6.07) is 0. The lowest BCUT2D eigenvalue weighted by Crippen LogP contribution is -2.28. The van der Waals surface area contributed by atoms with Crippen LogP contribution in [0.15, 0.2) is 0 Å². The monoisotopic (exact) mass is 239 g/mol. The summed E-state index contributed by atoms with van der Waals surface area (Å²) in [4.78, 5) is 0. The van der Waals surface area contributed by atoms with Gasteiger partial charge in [-0.2, -0.15) is 0 Å². The summed E-state index contributed by atoms with van der Waals surface area (Å²) in [5.41, 5.74) is 0.715. The molecule has 0 heteroatoms. The van der Waals surface area contributed by atoms with Crippen LogP contribution < -0.4 is 0 Å². The third kappa shape index (κ3) is 6.38. The molecule has 0 saturated carbocycles. The van der Waals surface area contributed by atoms with Gasteiger partial charge in [-0.25, -0.2) is 0 Å². The second-order valence-electron chi connectivity index (χ2n) is 7.76. The van der Waals surface area contributed by atoms with Crippen molar-refractivity contribution in [1.29, 1.82) is 0 Å². The van der Waals surface area contributed by atoms with Crippen molar-refractivity contribution in [3.63, 3.8) is 0 Å². The smallest absolute Gasteiger partial charge is 0.0625 e. The van der Waals surface area contributed by atoms with E-state index >= 15 is 0 Å². The van der Waals surface area contributed by atoms with Crippen LogP contribution in [0.5, 0.6) is 0 Å². The summed E-state index contributed by atoms with van der Waals surface area (Å²) in [7, 11) is 0. The van der Waals surface area contributed by atoms with Crippen LogP contribution in [0.3, 0.4) is 0 Å². The van der Waals surface area contributed by atoms with Crippen molar-refractivity contribution >= 4 is 0 Å². The van der Waals surface area contributed by atoms with E-state index in [9.17, 15) is 0 Å². The highest BCUT2D eigenvalue weighted by Crippen LogP contribution is 2.40. The third-order valence-corrected chi connectivity index (χ3v) is 4.49. The molecule has 0 aromatic rings. The standard InChI is InChI=1S/C17H35/c1-10-16(6,7)12-17(8,9)11-14(4)15(5)13(2)3/h12-15H,10-11H2,1-9H3/q+1. The lowest BCUT2D eigenvalue weighted by molar-refractivity contribution is 0.192. The van der Waals surface area contributed by atoms with Crippen LogP contribution in [0.1, 0.15) is 75.2 Å². The maximum Gasteiger partial charge on any atom is 0.103 e. The lowest BCUT2D eigenvalue weighted by Gasteiger charge is -2.31. The number of hydrogen-bond acceptors (Lipinski definition) is 0. The first kappa shape index (κ1) is 16.9. The molecule has 0 bridgehead atoms. The Labute approximate surface area is 111 Å². The summed E-state index contributed by atoms with van der Waals surface area (Å²) >= 11 is 0. The first-order valence-electron chi connectivity index (χ1n) is 7.38. The fourth-order valence-electron chi connectivity index (χ4n) is 2.89. The Morgan fingerprint density at radius 3 is 1.71 bits per heavy atom. The van der Waals surface area contributed by atoms with Crippen molar-refractivity contribution in [3.8, 4) is 0 Å². The molecule has 17 heavy (non-hydrogen) atoms. The number of rotatable bonds is 7. The van der Waals surface area contributed by atoms with Gasteiger partial charge < -0.3 is 0 Å². The van der Waals surface area contributed by atoms with E-state index in [1.54, 1.807) is 0 Å². The van der Waals surface area contributed by atoms with E-state index in [4.69, 9.17) is 0 Å². The summed E-state index contributed by atoms with van der Waals surface area (Å²) in [6.45, 7) is 21.3. The Morgan fingerprint density at radius 1 is 0.882 bits per heavy atom. The largest absolute Gasteiger partial charge is 0.103 e. The molecule has 0 aliphatic heterocycles. The van der Waals surface area contributed by atoms with Gasteiger partial charge in [0.1, 0.15) is 10.8 Å². The van der Waals surface area contributed by atoms with Crippen LogP contribution in [0, 0.1) is 35.0 Å². The van der Waals surface area contributed by atoms with Crippen molar-refractivity contribution in [3.05, 3.63) is 6.42 Å². The first-order chi connectivity index (χ1) is 7.51. The van der Waals surface area contributed by atoms with Crippen molar-refractivity contribution in [1.82, 2.24) is 0 Å². The van der Waals surface area contributed by atoms with E-state index in [1.165, 1.54) is 12.8 Å². The molecular weight excluding hydrogens is 204 g/mol. The minimum Gasteiger partial charge on any atom is -0.0625 e. The molecule has 0 spiro atoms. The van der Waals surface area contributed by atoms with Crippen LogP contribution in [-0.2, 0) is 0 Å². The van der Waals surface area contributed by atoms with Gasteiger partial charge in [0.25, 0.3) is 0 Å². The molecule has 0 saturated heterocycles. The molecular formula is C17H35+. The molecule has 0 radical (unpaired) electrons. The normalized spacial score (nSPS) is 17.1. The van der Waals surface area contributed by atoms with E-state index in [1.807, 2.05) is 0 Å².